The average molecular weight is 557 g/mol. The van der Waals surface area contributed by atoms with Gasteiger partial charge in [0.2, 0.25) is 0 Å². The number of rotatable bonds is 6. The van der Waals surface area contributed by atoms with Crippen molar-refractivity contribution in [1.82, 2.24) is 15.2 Å². The number of halogens is 1. The molecule has 0 radical (unpaired) electrons. The number of hydrogen-bond acceptors (Lipinski definition) is 7. The molecule has 3 aromatic rings. The molecular formula is C27H29ClN4O3S2. The van der Waals surface area contributed by atoms with Gasteiger partial charge in [0.25, 0.3) is 11.8 Å². The summed E-state index contributed by atoms with van der Waals surface area (Å²) in [5.74, 6) is -0.304. The van der Waals surface area contributed by atoms with Crippen LogP contribution in [0.25, 0.3) is 10.4 Å². The van der Waals surface area contributed by atoms with Gasteiger partial charge in [0.15, 0.2) is 0 Å². The number of hydrazone groups is 1. The molecule has 2 amide bonds. The van der Waals surface area contributed by atoms with E-state index in [4.69, 9.17) is 11.6 Å². The molecule has 4 heterocycles. The van der Waals surface area contributed by atoms with Crippen LogP contribution in [0.2, 0.25) is 5.02 Å². The third-order valence-electron chi connectivity index (χ3n) is 7.02. The molecule has 0 aliphatic carbocycles. The fraction of sp³-hybridized carbons (Fsp3) is 0.370. The Hall–Kier alpha value is -2.72. The highest BCUT2D eigenvalue weighted by Gasteiger charge is 2.29. The summed E-state index contributed by atoms with van der Waals surface area (Å²) in [4.78, 5) is 31.9. The number of amides is 2. The highest BCUT2D eigenvalue weighted by molar-refractivity contribution is 7.16. The highest BCUT2D eigenvalue weighted by atomic mass is 35.5. The molecule has 7 nitrogen and oxygen atoms in total. The monoisotopic (exact) mass is 556 g/mol. The van der Waals surface area contributed by atoms with Crippen LogP contribution in [0.4, 0.5) is 0 Å². The van der Waals surface area contributed by atoms with Crippen molar-refractivity contribution in [3.8, 4) is 16.2 Å². The quantitative estimate of drug-likeness (QED) is 0.302. The summed E-state index contributed by atoms with van der Waals surface area (Å²) < 4.78 is 0. The molecule has 0 atom stereocenters. The summed E-state index contributed by atoms with van der Waals surface area (Å²) in [7, 11) is 0. The molecule has 0 spiro atoms. The fourth-order valence-corrected chi connectivity index (χ4v) is 7.02. The first kappa shape index (κ1) is 25.9. The predicted molar refractivity (Wildman–Crippen MR) is 150 cm³/mol. The Kier molecular flexibility index (Phi) is 7.95. The summed E-state index contributed by atoms with van der Waals surface area (Å²) in [5.41, 5.74) is 4.38. The highest BCUT2D eigenvalue weighted by Crippen LogP contribution is 2.39. The van der Waals surface area contributed by atoms with Crippen LogP contribution in [0.5, 0.6) is 5.75 Å². The van der Waals surface area contributed by atoms with Gasteiger partial charge in [0.1, 0.15) is 5.75 Å². The first-order chi connectivity index (χ1) is 17.9. The number of carbonyl (C=O) groups excluding carboxylic acids is 2. The zero-order chi connectivity index (χ0) is 25.9. The van der Waals surface area contributed by atoms with Gasteiger partial charge in [0.05, 0.1) is 25.9 Å². The SMILES string of the molecule is C/C(=N\NC(=O)c1ccc(C(=O)N2CCC(N3CCCC3)CC2)s1)c1csc(-c2cccc(Cl)c2)c1O. The molecule has 5 rings (SSSR count). The Labute approximate surface area is 229 Å². The van der Waals surface area contributed by atoms with E-state index in [1.165, 1.54) is 48.6 Å². The van der Waals surface area contributed by atoms with Gasteiger partial charge < -0.3 is 14.9 Å². The molecule has 2 aliphatic heterocycles. The largest absolute Gasteiger partial charge is 0.506 e. The molecule has 2 aliphatic rings. The van der Waals surface area contributed by atoms with E-state index in [0.29, 0.717) is 37.0 Å². The topological polar surface area (TPSA) is 85.2 Å². The van der Waals surface area contributed by atoms with Gasteiger partial charge in [-0.05, 0) is 75.5 Å². The third-order valence-corrected chi connectivity index (χ3v) is 9.34. The van der Waals surface area contributed by atoms with E-state index in [2.05, 4.69) is 15.4 Å². The van der Waals surface area contributed by atoms with E-state index >= 15 is 0 Å². The molecule has 194 valence electrons. The lowest BCUT2D eigenvalue weighted by Gasteiger charge is -2.36. The van der Waals surface area contributed by atoms with Crippen molar-refractivity contribution < 1.29 is 14.7 Å². The Bertz CT molecular complexity index is 1320. The van der Waals surface area contributed by atoms with Crippen LogP contribution in [0, 0.1) is 0 Å². The number of carbonyl (C=O) groups is 2. The van der Waals surface area contributed by atoms with Crippen molar-refractivity contribution >= 4 is 51.8 Å². The van der Waals surface area contributed by atoms with Crippen LogP contribution in [-0.2, 0) is 0 Å². The van der Waals surface area contributed by atoms with E-state index < -0.39 is 0 Å². The summed E-state index contributed by atoms with van der Waals surface area (Å²) >= 11 is 8.64. The summed E-state index contributed by atoms with van der Waals surface area (Å²) in [5, 5.41) is 17.3. The van der Waals surface area contributed by atoms with Gasteiger partial charge in [-0.1, -0.05) is 23.7 Å². The summed E-state index contributed by atoms with van der Waals surface area (Å²) in [6, 6.07) is 11.2. The number of nitrogens with zero attached hydrogens (tertiary/aromatic N) is 3. The lowest BCUT2D eigenvalue weighted by molar-refractivity contribution is 0.0649. The molecule has 1 aromatic carbocycles. The molecule has 10 heteroatoms. The summed E-state index contributed by atoms with van der Waals surface area (Å²) in [6.07, 6.45) is 4.57. The van der Waals surface area contributed by atoms with Crippen molar-refractivity contribution in [3.63, 3.8) is 0 Å². The van der Waals surface area contributed by atoms with Crippen molar-refractivity contribution in [2.45, 2.75) is 38.6 Å². The lowest BCUT2D eigenvalue weighted by atomic mass is 10.0. The maximum absolute atomic E-state index is 13.0. The van der Waals surface area contributed by atoms with Crippen LogP contribution in [-0.4, -0.2) is 64.7 Å². The van der Waals surface area contributed by atoms with Crippen molar-refractivity contribution in [3.05, 3.63) is 62.1 Å². The van der Waals surface area contributed by atoms with Gasteiger partial charge in [-0.2, -0.15) is 5.10 Å². The summed E-state index contributed by atoms with van der Waals surface area (Å²) in [6.45, 7) is 5.59. The number of nitrogens with one attached hydrogen (secondary N) is 1. The lowest BCUT2D eigenvalue weighted by Crippen LogP contribution is -2.45. The Morgan fingerprint density at radius 1 is 1.08 bits per heavy atom. The van der Waals surface area contributed by atoms with Crippen LogP contribution < -0.4 is 5.43 Å². The molecule has 2 N–H and O–H groups in total. The smallest absolute Gasteiger partial charge is 0.281 e. The second kappa shape index (κ2) is 11.3. The number of thiophene rings is 2. The molecule has 0 unspecified atom stereocenters. The van der Waals surface area contributed by atoms with Gasteiger partial charge in [-0.25, -0.2) is 5.43 Å². The van der Waals surface area contributed by atoms with Crippen LogP contribution >= 0.6 is 34.3 Å². The third kappa shape index (κ3) is 5.75. The van der Waals surface area contributed by atoms with Gasteiger partial charge in [-0.3, -0.25) is 9.59 Å². The fourth-order valence-electron chi connectivity index (χ4n) is 4.96. The maximum Gasteiger partial charge on any atom is 0.281 e. The molecular weight excluding hydrogens is 528 g/mol. The van der Waals surface area contributed by atoms with Crippen LogP contribution in [0.15, 0.2) is 46.9 Å². The van der Waals surface area contributed by atoms with E-state index in [1.807, 2.05) is 17.0 Å². The second-order valence-corrected chi connectivity index (χ2v) is 11.8. The molecule has 2 aromatic heterocycles. The van der Waals surface area contributed by atoms with E-state index in [9.17, 15) is 14.7 Å². The van der Waals surface area contributed by atoms with E-state index in [0.717, 1.165) is 31.5 Å². The number of benzene rings is 1. The standard InChI is InChI=1S/C27H29ClN4O3S2/c1-17(21-16-36-25(24(21)33)18-5-4-6-19(28)15-18)29-30-26(34)22-7-8-23(37-22)27(35)32-13-9-20(10-14-32)31-11-2-3-12-31/h4-8,15-16,20,33H,2-3,9-14H2,1H3,(H,30,34)/b29-17+. The number of hydrogen-bond donors (Lipinski definition) is 2. The zero-order valence-electron chi connectivity index (χ0n) is 20.6. The Balaban J connectivity index is 1.19. The van der Waals surface area contributed by atoms with E-state index in [1.54, 1.807) is 36.6 Å². The van der Waals surface area contributed by atoms with Crippen LogP contribution in [0.1, 0.15) is 57.5 Å². The van der Waals surface area contributed by atoms with Crippen molar-refractivity contribution in [1.29, 1.82) is 0 Å². The number of likely N-dealkylation sites (tertiary alicyclic amines) is 2. The van der Waals surface area contributed by atoms with Gasteiger partial charge >= 0.3 is 0 Å². The number of piperidine rings is 1. The van der Waals surface area contributed by atoms with Crippen molar-refractivity contribution in [2.24, 2.45) is 5.10 Å². The number of aromatic hydroxyl groups is 1. The Morgan fingerprint density at radius 3 is 2.54 bits per heavy atom. The second-order valence-electron chi connectivity index (χ2n) is 9.41. The minimum atomic E-state index is -0.388. The molecule has 2 fully saturated rings. The molecule has 0 bridgehead atoms. The Morgan fingerprint density at radius 2 is 1.81 bits per heavy atom. The first-order valence-corrected chi connectivity index (χ1v) is 14.5. The zero-order valence-corrected chi connectivity index (χ0v) is 23.0. The predicted octanol–water partition coefficient (Wildman–Crippen LogP) is 5.69. The average Bonchev–Trinajstić information content (AvgIpc) is 3.68. The normalized spacial score (nSPS) is 17.4. The maximum atomic E-state index is 13.0. The van der Waals surface area contributed by atoms with E-state index in [-0.39, 0.29) is 17.6 Å². The van der Waals surface area contributed by atoms with Gasteiger partial charge in [-0.15, -0.1) is 22.7 Å². The van der Waals surface area contributed by atoms with Gasteiger partial charge in [0, 0.05) is 29.5 Å². The van der Waals surface area contributed by atoms with Crippen molar-refractivity contribution in [2.75, 3.05) is 26.2 Å². The minimum Gasteiger partial charge on any atom is -0.506 e. The molecule has 2 saturated heterocycles. The minimum absolute atomic E-state index is 0.0136. The molecule has 0 saturated carbocycles. The van der Waals surface area contributed by atoms with Crippen LogP contribution in [0.3, 0.4) is 0 Å². The molecule has 37 heavy (non-hydrogen) atoms. The first-order valence-electron chi connectivity index (χ1n) is 12.5.